The van der Waals surface area contributed by atoms with Gasteiger partial charge in [0.15, 0.2) is 0 Å². The second-order valence-electron chi connectivity index (χ2n) is 5.23. The summed E-state index contributed by atoms with van der Waals surface area (Å²) in [4.78, 5) is 25.1. The van der Waals surface area contributed by atoms with Crippen LogP contribution in [0.3, 0.4) is 0 Å². The Kier molecular flexibility index (Phi) is 5.38. The number of allylic oxidation sites excluding steroid dienone is 2. The standard InChI is InChI=1S/C14H23NO3/c1-4-10(2)9-15(3)13(16)11-7-5-6-8-12(11)14(17)18/h5-6,10-12H,4,7-9H2,1-3H3,(H,17,18). The molecule has 0 saturated heterocycles. The molecule has 0 bridgehead atoms. The van der Waals surface area contributed by atoms with E-state index in [1.54, 1.807) is 11.9 Å². The number of carboxylic acids is 1. The second-order valence-corrected chi connectivity index (χ2v) is 5.23. The Bertz CT molecular complexity index is 338. The highest BCUT2D eigenvalue weighted by Gasteiger charge is 2.35. The van der Waals surface area contributed by atoms with Crippen molar-refractivity contribution in [3.05, 3.63) is 12.2 Å². The first-order valence-electron chi connectivity index (χ1n) is 6.60. The number of carboxylic acid groups (broad SMARTS) is 1. The number of carbonyl (C=O) groups is 2. The fourth-order valence-electron chi connectivity index (χ4n) is 2.33. The van der Waals surface area contributed by atoms with Gasteiger partial charge < -0.3 is 10.0 Å². The van der Waals surface area contributed by atoms with E-state index < -0.39 is 17.8 Å². The van der Waals surface area contributed by atoms with Crippen LogP contribution >= 0.6 is 0 Å². The summed E-state index contributed by atoms with van der Waals surface area (Å²) in [7, 11) is 1.77. The van der Waals surface area contributed by atoms with Crippen molar-refractivity contribution in [2.24, 2.45) is 17.8 Å². The number of hydrogen-bond donors (Lipinski definition) is 1. The third kappa shape index (κ3) is 3.59. The number of nitrogens with zero attached hydrogens (tertiary/aromatic N) is 1. The van der Waals surface area contributed by atoms with Gasteiger partial charge in [-0.15, -0.1) is 0 Å². The molecule has 0 heterocycles. The molecule has 1 amide bonds. The van der Waals surface area contributed by atoms with Crippen LogP contribution in [0.25, 0.3) is 0 Å². The maximum absolute atomic E-state index is 12.3. The topological polar surface area (TPSA) is 57.6 Å². The zero-order valence-corrected chi connectivity index (χ0v) is 11.4. The molecule has 1 N–H and O–H groups in total. The molecule has 0 aromatic carbocycles. The molecule has 1 rings (SSSR count). The Balaban J connectivity index is 2.69. The van der Waals surface area contributed by atoms with Gasteiger partial charge in [0.05, 0.1) is 11.8 Å². The van der Waals surface area contributed by atoms with Crippen molar-refractivity contribution in [3.8, 4) is 0 Å². The molecule has 1 aliphatic rings. The van der Waals surface area contributed by atoms with E-state index in [9.17, 15) is 9.59 Å². The minimum absolute atomic E-state index is 0.0351. The smallest absolute Gasteiger partial charge is 0.307 e. The van der Waals surface area contributed by atoms with Gasteiger partial charge in [-0.25, -0.2) is 0 Å². The Morgan fingerprint density at radius 1 is 1.33 bits per heavy atom. The summed E-state index contributed by atoms with van der Waals surface area (Å²) in [5.41, 5.74) is 0. The second kappa shape index (κ2) is 6.57. The molecule has 0 aliphatic heterocycles. The van der Waals surface area contributed by atoms with E-state index >= 15 is 0 Å². The Hall–Kier alpha value is -1.32. The highest BCUT2D eigenvalue weighted by Crippen LogP contribution is 2.27. The largest absolute Gasteiger partial charge is 0.481 e. The Morgan fingerprint density at radius 2 is 1.89 bits per heavy atom. The van der Waals surface area contributed by atoms with Gasteiger partial charge in [-0.3, -0.25) is 9.59 Å². The summed E-state index contributed by atoms with van der Waals surface area (Å²) in [6, 6.07) is 0. The van der Waals surface area contributed by atoms with Gasteiger partial charge in [0.2, 0.25) is 5.91 Å². The van der Waals surface area contributed by atoms with Gasteiger partial charge in [0.25, 0.3) is 0 Å². The lowest BCUT2D eigenvalue weighted by atomic mass is 9.82. The van der Waals surface area contributed by atoms with Crippen LogP contribution in [0.5, 0.6) is 0 Å². The van der Waals surface area contributed by atoms with E-state index in [0.29, 0.717) is 25.3 Å². The molecule has 102 valence electrons. The van der Waals surface area contributed by atoms with E-state index in [4.69, 9.17) is 5.11 Å². The molecule has 4 heteroatoms. The maximum atomic E-state index is 12.3. The zero-order chi connectivity index (χ0) is 13.7. The monoisotopic (exact) mass is 253 g/mol. The lowest BCUT2D eigenvalue weighted by molar-refractivity contribution is -0.150. The van der Waals surface area contributed by atoms with E-state index in [2.05, 4.69) is 13.8 Å². The average Bonchev–Trinajstić information content (AvgIpc) is 2.37. The number of hydrogen-bond acceptors (Lipinski definition) is 2. The number of amides is 1. The van der Waals surface area contributed by atoms with Gasteiger partial charge in [0, 0.05) is 13.6 Å². The highest BCUT2D eigenvalue weighted by molar-refractivity contribution is 5.85. The van der Waals surface area contributed by atoms with Gasteiger partial charge in [0.1, 0.15) is 0 Å². The molecule has 3 unspecified atom stereocenters. The van der Waals surface area contributed by atoms with Crippen LogP contribution in [0.4, 0.5) is 0 Å². The lowest BCUT2D eigenvalue weighted by Crippen LogP contribution is -2.41. The van der Waals surface area contributed by atoms with Crippen LogP contribution in [0.2, 0.25) is 0 Å². The van der Waals surface area contributed by atoms with E-state index in [1.807, 2.05) is 12.2 Å². The number of carbonyl (C=O) groups excluding carboxylic acids is 1. The first-order valence-corrected chi connectivity index (χ1v) is 6.60. The third-order valence-corrected chi connectivity index (χ3v) is 3.73. The summed E-state index contributed by atoms with van der Waals surface area (Å²) in [6.07, 6.45) is 5.80. The van der Waals surface area contributed by atoms with Crippen LogP contribution in [0.15, 0.2) is 12.2 Å². The van der Waals surface area contributed by atoms with Crippen molar-refractivity contribution in [1.82, 2.24) is 4.90 Å². The molecule has 3 atom stereocenters. The first-order chi connectivity index (χ1) is 8.47. The SMILES string of the molecule is CCC(C)CN(C)C(=O)C1CC=CCC1C(=O)O. The van der Waals surface area contributed by atoms with Crippen LogP contribution < -0.4 is 0 Å². The molecule has 4 nitrogen and oxygen atoms in total. The fraction of sp³-hybridized carbons (Fsp3) is 0.714. The molecule has 0 fully saturated rings. The average molecular weight is 253 g/mol. The molecular weight excluding hydrogens is 230 g/mol. The van der Waals surface area contributed by atoms with Crippen LogP contribution in [-0.4, -0.2) is 35.5 Å². The first kappa shape index (κ1) is 14.7. The molecular formula is C14H23NO3. The summed E-state index contributed by atoms with van der Waals surface area (Å²) in [6.45, 7) is 4.88. The maximum Gasteiger partial charge on any atom is 0.307 e. The minimum Gasteiger partial charge on any atom is -0.481 e. The lowest BCUT2D eigenvalue weighted by Gasteiger charge is -2.30. The summed E-state index contributed by atoms with van der Waals surface area (Å²) >= 11 is 0. The summed E-state index contributed by atoms with van der Waals surface area (Å²) in [5, 5.41) is 9.16. The Morgan fingerprint density at radius 3 is 2.39 bits per heavy atom. The predicted molar refractivity (Wildman–Crippen MR) is 70.1 cm³/mol. The van der Waals surface area contributed by atoms with E-state index in [-0.39, 0.29) is 5.91 Å². The van der Waals surface area contributed by atoms with Gasteiger partial charge in [-0.1, -0.05) is 32.4 Å². The van der Waals surface area contributed by atoms with E-state index in [0.717, 1.165) is 6.42 Å². The molecule has 0 aromatic rings. The highest BCUT2D eigenvalue weighted by atomic mass is 16.4. The van der Waals surface area contributed by atoms with Gasteiger partial charge >= 0.3 is 5.97 Å². The molecule has 0 spiro atoms. The van der Waals surface area contributed by atoms with Crippen molar-refractivity contribution in [2.75, 3.05) is 13.6 Å². The molecule has 0 aromatic heterocycles. The summed E-state index contributed by atoms with van der Waals surface area (Å²) in [5.74, 6) is -1.42. The minimum atomic E-state index is -0.866. The fourth-order valence-corrected chi connectivity index (χ4v) is 2.33. The number of aliphatic carboxylic acids is 1. The predicted octanol–water partition coefficient (Wildman–Crippen LogP) is 2.16. The quantitative estimate of drug-likeness (QED) is 0.764. The van der Waals surface area contributed by atoms with Gasteiger partial charge in [-0.05, 0) is 18.8 Å². The van der Waals surface area contributed by atoms with Crippen LogP contribution in [0.1, 0.15) is 33.1 Å². The molecule has 1 aliphatic carbocycles. The van der Waals surface area contributed by atoms with Crippen molar-refractivity contribution < 1.29 is 14.7 Å². The van der Waals surface area contributed by atoms with Crippen molar-refractivity contribution >= 4 is 11.9 Å². The van der Waals surface area contributed by atoms with Crippen molar-refractivity contribution in [1.29, 1.82) is 0 Å². The summed E-state index contributed by atoms with van der Waals surface area (Å²) < 4.78 is 0. The molecule has 0 radical (unpaired) electrons. The third-order valence-electron chi connectivity index (χ3n) is 3.73. The van der Waals surface area contributed by atoms with Crippen LogP contribution in [0, 0.1) is 17.8 Å². The van der Waals surface area contributed by atoms with Crippen LogP contribution in [-0.2, 0) is 9.59 Å². The van der Waals surface area contributed by atoms with Gasteiger partial charge in [-0.2, -0.15) is 0 Å². The Labute approximate surface area is 109 Å². The van der Waals surface area contributed by atoms with Crippen molar-refractivity contribution in [3.63, 3.8) is 0 Å². The normalized spacial score (nSPS) is 24.6. The van der Waals surface area contributed by atoms with E-state index in [1.165, 1.54) is 0 Å². The number of rotatable bonds is 5. The molecule has 18 heavy (non-hydrogen) atoms. The van der Waals surface area contributed by atoms with Crippen molar-refractivity contribution in [2.45, 2.75) is 33.1 Å². The molecule has 0 saturated carbocycles. The zero-order valence-electron chi connectivity index (χ0n) is 11.4.